The number of hydrogen-bond acceptors (Lipinski definition) is 3. The van der Waals surface area contributed by atoms with Crippen LogP contribution in [0, 0.1) is 11.3 Å². The fraction of sp³-hybridized carbons (Fsp3) is 0.111. The number of anilines is 1. The van der Waals surface area contributed by atoms with Gasteiger partial charge in [0.2, 0.25) is 5.91 Å². The maximum atomic E-state index is 12.0. The van der Waals surface area contributed by atoms with Gasteiger partial charge >= 0.3 is 0 Å². The van der Waals surface area contributed by atoms with Gasteiger partial charge in [-0.2, -0.15) is 5.26 Å². The molecule has 1 N–H and O–H groups in total. The van der Waals surface area contributed by atoms with Crippen molar-refractivity contribution in [2.45, 2.75) is 11.3 Å². The van der Waals surface area contributed by atoms with Gasteiger partial charge in [0.15, 0.2) is 0 Å². The van der Waals surface area contributed by atoms with Crippen LogP contribution >= 0.6 is 23.4 Å². The van der Waals surface area contributed by atoms with E-state index in [1.54, 1.807) is 30.0 Å². The van der Waals surface area contributed by atoms with Crippen molar-refractivity contribution in [1.29, 1.82) is 5.26 Å². The molecule has 0 aliphatic carbocycles. The Hall–Kier alpha value is -2.22. The topological polar surface area (TPSA) is 52.9 Å². The van der Waals surface area contributed by atoms with Crippen molar-refractivity contribution < 1.29 is 4.79 Å². The van der Waals surface area contributed by atoms with Crippen LogP contribution in [0.5, 0.6) is 0 Å². The molecule has 0 aliphatic rings. The second kappa shape index (κ2) is 9.04. The van der Waals surface area contributed by atoms with Crippen LogP contribution in [0.2, 0.25) is 5.02 Å². The summed E-state index contributed by atoms with van der Waals surface area (Å²) in [5, 5.41) is 12.1. The second-order valence-electron chi connectivity index (χ2n) is 4.63. The molecule has 0 aromatic heterocycles. The van der Waals surface area contributed by atoms with Crippen LogP contribution in [-0.2, 0) is 4.79 Å². The van der Waals surface area contributed by atoms with Crippen molar-refractivity contribution in [3.63, 3.8) is 0 Å². The number of amides is 1. The summed E-state index contributed by atoms with van der Waals surface area (Å²) in [6.45, 7) is 0. The van der Waals surface area contributed by atoms with Gasteiger partial charge in [-0.05, 0) is 35.9 Å². The molecule has 2 aromatic carbocycles. The number of hydrogen-bond donors (Lipinski definition) is 1. The molecule has 0 saturated heterocycles. The van der Waals surface area contributed by atoms with E-state index in [4.69, 9.17) is 16.9 Å². The van der Waals surface area contributed by atoms with Gasteiger partial charge in [0, 0.05) is 28.2 Å². The zero-order valence-corrected chi connectivity index (χ0v) is 13.9. The van der Waals surface area contributed by atoms with Crippen molar-refractivity contribution in [2.75, 3.05) is 11.1 Å². The quantitative estimate of drug-likeness (QED) is 0.456. The zero-order valence-electron chi connectivity index (χ0n) is 12.3. The van der Waals surface area contributed by atoms with Crippen molar-refractivity contribution in [1.82, 2.24) is 0 Å². The monoisotopic (exact) mass is 342 g/mol. The SMILES string of the molecule is N#CCCSc1ccccc1NC(=O)C=Cc1ccc(Cl)cc1. The van der Waals surface area contributed by atoms with Crippen molar-refractivity contribution in [3.8, 4) is 6.07 Å². The molecular formula is C18H15ClN2OS. The predicted molar refractivity (Wildman–Crippen MR) is 96.5 cm³/mol. The largest absolute Gasteiger partial charge is 0.321 e. The minimum absolute atomic E-state index is 0.201. The van der Waals surface area contributed by atoms with Crippen LogP contribution in [0.3, 0.4) is 0 Å². The van der Waals surface area contributed by atoms with E-state index in [0.717, 1.165) is 16.1 Å². The fourth-order valence-electron chi connectivity index (χ4n) is 1.82. The predicted octanol–water partition coefficient (Wildman–Crippen LogP) is 5.00. The lowest BCUT2D eigenvalue weighted by molar-refractivity contribution is -0.111. The smallest absolute Gasteiger partial charge is 0.248 e. The number of carbonyl (C=O) groups is 1. The molecule has 0 heterocycles. The molecule has 0 unspecified atom stereocenters. The lowest BCUT2D eigenvalue weighted by atomic mass is 10.2. The van der Waals surface area contributed by atoms with Gasteiger partial charge in [0.05, 0.1) is 11.8 Å². The molecule has 0 bridgehead atoms. The maximum Gasteiger partial charge on any atom is 0.248 e. The van der Waals surface area contributed by atoms with Gasteiger partial charge in [-0.1, -0.05) is 35.9 Å². The summed E-state index contributed by atoms with van der Waals surface area (Å²) in [6, 6.07) is 16.9. The van der Waals surface area contributed by atoms with Gasteiger partial charge < -0.3 is 5.32 Å². The summed E-state index contributed by atoms with van der Waals surface area (Å²) >= 11 is 7.38. The average molecular weight is 343 g/mol. The van der Waals surface area contributed by atoms with E-state index in [1.807, 2.05) is 36.4 Å². The zero-order chi connectivity index (χ0) is 16.5. The number of nitrogens with one attached hydrogen (secondary N) is 1. The minimum atomic E-state index is -0.201. The molecule has 1 amide bonds. The fourth-order valence-corrected chi connectivity index (χ4v) is 2.81. The average Bonchev–Trinajstić information content (AvgIpc) is 2.56. The first-order valence-corrected chi connectivity index (χ1v) is 8.39. The molecule has 5 heteroatoms. The Kier molecular flexibility index (Phi) is 6.74. The lowest BCUT2D eigenvalue weighted by Gasteiger charge is -2.08. The van der Waals surface area contributed by atoms with E-state index in [1.165, 1.54) is 6.08 Å². The van der Waals surface area contributed by atoms with E-state index in [0.29, 0.717) is 17.2 Å². The van der Waals surface area contributed by atoms with Crippen LogP contribution in [0.25, 0.3) is 6.08 Å². The molecule has 0 saturated carbocycles. The van der Waals surface area contributed by atoms with E-state index in [2.05, 4.69) is 11.4 Å². The van der Waals surface area contributed by atoms with Gasteiger partial charge in [-0.3, -0.25) is 4.79 Å². The highest BCUT2D eigenvalue weighted by atomic mass is 35.5. The summed E-state index contributed by atoms with van der Waals surface area (Å²) in [7, 11) is 0. The number of nitriles is 1. The molecule has 0 aliphatic heterocycles. The highest BCUT2D eigenvalue weighted by Crippen LogP contribution is 2.27. The highest BCUT2D eigenvalue weighted by Gasteiger charge is 2.04. The summed E-state index contributed by atoms with van der Waals surface area (Å²) in [5.74, 6) is 0.498. The van der Waals surface area contributed by atoms with Crippen LogP contribution in [-0.4, -0.2) is 11.7 Å². The van der Waals surface area contributed by atoms with Crippen molar-refractivity contribution in [2.24, 2.45) is 0 Å². The molecule has 2 rings (SSSR count). The molecule has 116 valence electrons. The Labute approximate surface area is 145 Å². The number of para-hydroxylation sites is 1. The van der Waals surface area contributed by atoms with Crippen LogP contribution in [0.1, 0.15) is 12.0 Å². The van der Waals surface area contributed by atoms with Crippen LogP contribution < -0.4 is 5.32 Å². The van der Waals surface area contributed by atoms with Crippen LogP contribution in [0.4, 0.5) is 5.69 Å². The molecular weight excluding hydrogens is 328 g/mol. The molecule has 23 heavy (non-hydrogen) atoms. The molecule has 0 radical (unpaired) electrons. The number of halogens is 1. The number of nitrogens with zero attached hydrogens (tertiary/aromatic N) is 1. The standard InChI is InChI=1S/C18H15ClN2OS/c19-15-9-6-14(7-10-15)8-11-18(22)21-16-4-1-2-5-17(16)23-13-3-12-20/h1-2,4-11H,3,13H2,(H,21,22). The summed E-state index contributed by atoms with van der Waals surface area (Å²) in [5.41, 5.74) is 1.66. The normalized spacial score (nSPS) is 10.4. The Bertz CT molecular complexity index is 735. The first-order valence-electron chi connectivity index (χ1n) is 7.02. The number of benzene rings is 2. The van der Waals surface area contributed by atoms with Gasteiger partial charge in [-0.25, -0.2) is 0 Å². The Morgan fingerprint density at radius 1 is 1.22 bits per heavy atom. The van der Waals surface area contributed by atoms with E-state index >= 15 is 0 Å². The number of thioether (sulfide) groups is 1. The minimum Gasteiger partial charge on any atom is -0.321 e. The lowest BCUT2D eigenvalue weighted by Crippen LogP contribution is -2.08. The number of carbonyl (C=O) groups excluding carboxylic acids is 1. The van der Waals surface area contributed by atoms with Crippen molar-refractivity contribution in [3.05, 3.63) is 65.2 Å². The third-order valence-corrected chi connectivity index (χ3v) is 4.24. The first kappa shape index (κ1) is 17.1. The molecule has 0 atom stereocenters. The summed E-state index contributed by atoms with van der Waals surface area (Å²) in [4.78, 5) is 13.0. The third kappa shape index (κ3) is 5.82. The van der Waals surface area contributed by atoms with Crippen LogP contribution in [0.15, 0.2) is 59.5 Å². The summed E-state index contributed by atoms with van der Waals surface area (Å²) in [6.07, 6.45) is 3.69. The first-order chi connectivity index (χ1) is 11.2. The Balaban J connectivity index is 1.99. The molecule has 0 spiro atoms. The third-order valence-electron chi connectivity index (χ3n) is 2.91. The maximum absolute atomic E-state index is 12.0. The second-order valence-corrected chi connectivity index (χ2v) is 6.20. The van der Waals surface area contributed by atoms with Gasteiger partial charge in [-0.15, -0.1) is 11.8 Å². The van der Waals surface area contributed by atoms with Gasteiger partial charge in [0.25, 0.3) is 0 Å². The van der Waals surface area contributed by atoms with E-state index in [9.17, 15) is 4.79 Å². The van der Waals surface area contributed by atoms with Gasteiger partial charge in [0.1, 0.15) is 0 Å². The van der Waals surface area contributed by atoms with E-state index < -0.39 is 0 Å². The molecule has 2 aromatic rings. The molecule has 3 nitrogen and oxygen atoms in total. The van der Waals surface area contributed by atoms with Crippen molar-refractivity contribution >= 4 is 41.0 Å². The highest BCUT2D eigenvalue weighted by molar-refractivity contribution is 7.99. The summed E-state index contributed by atoms with van der Waals surface area (Å²) < 4.78 is 0. The Morgan fingerprint density at radius 2 is 1.96 bits per heavy atom. The van der Waals surface area contributed by atoms with E-state index in [-0.39, 0.29) is 5.91 Å². The Morgan fingerprint density at radius 3 is 2.70 bits per heavy atom. The molecule has 0 fully saturated rings. The number of rotatable bonds is 6.